The molecule has 0 unspecified atom stereocenters. The quantitative estimate of drug-likeness (QED) is 0.312. The van der Waals surface area contributed by atoms with Crippen molar-refractivity contribution in [2.75, 3.05) is 10.6 Å². The summed E-state index contributed by atoms with van der Waals surface area (Å²) in [5.74, 6) is -4.35. The average Bonchev–Trinajstić information content (AvgIpc) is 3.33. The number of benzene rings is 3. The molecule has 3 aromatic carbocycles. The molecule has 1 aliphatic carbocycles. The van der Waals surface area contributed by atoms with Crippen LogP contribution in [0.2, 0.25) is 15.1 Å². The van der Waals surface area contributed by atoms with E-state index in [4.69, 9.17) is 58.0 Å². The third-order valence-electron chi connectivity index (χ3n) is 5.24. The van der Waals surface area contributed by atoms with Crippen molar-refractivity contribution >= 4 is 81.2 Å². The van der Waals surface area contributed by atoms with Crippen LogP contribution >= 0.6 is 58.0 Å². The number of amides is 2. The Morgan fingerprint density at radius 1 is 0.853 bits per heavy atom. The zero-order valence-electron chi connectivity index (χ0n) is 16.8. The number of hydrogen-bond donors (Lipinski definition) is 2. The van der Waals surface area contributed by atoms with Crippen LogP contribution in [0.5, 0.6) is 0 Å². The van der Waals surface area contributed by atoms with Gasteiger partial charge in [0, 0.05) is 27.7 Å². The highest BCUT2D eigenvalue weighted by molar-refractivity contribution is 6.53. The average molecular weight is 565 g/mol. The minimum atomic E-state index is -1.38. The van der Waals surface area contributed by atoms with Gasteiger partial charge in [0.1, 0.15) is 16.0 Å². The Kier molecular flexibility index (Phi) is 7.00. The molecular weight excluding hydrogens is 552 g/mol. The first-order chi connectivity index (χ1) is 16.0. The Bertz CT molecular complexity index is 1300. The second-order valence-electron chi connectivity index (χ2n) is 7.59. The lowest BCUT2D eigenvalue weighted by Gasteiger charge is -2.11. The molecule has 0 radical (unpaired) electrons. The summed E-state index contributed by atoms with van der Waals surface area (Å²) in [7, 11) is 0. The van der Waals surface area contributed by atoms with Crippen LogP contribution in [0.4, 0.5) is 20.2 Å². The van der Waals surface area contributed by atoms with Crippen LogP contribution in [0.15, 0.2) is 54.6 Å². The Balaban J connectivity index is 1.52. The number of anilines is 2. The lowest BCUT2D eigenvalue weighted by Crippen LogP contribution is -2.18. The second kappa shape index (κ2) is 9.51. The SMILES string of the molecule is O=C(Nc1ccc(F)cc1F)c1cc(NC(=O)[C@H]2[C@H](c3cc(Cl)cc(Cl)c3)C2(Cl)Cl)ccc1Cl. The summed E-state index contributed by atoms with van der Waals surface area (Å²) in [6.07, 6.45) is 0. The molecule has 4 nitrogen and oxygen atoms in total. The highest BCUT2D eigenvalue weighted by atomic mass is 35.5. The van der Waals surface area contributed by atoms with Gasteiger partial charge >= 0.3 is 0 Å². The first-order valence-corrected chi connectivity index (χ1v) is 11.6. The fourth-order valence-corrected chi connectivity index (χ4v) is 5.17. The number of halogens is 7. The van der Waals surface area contributed by atoms with Crippen molar-refractivity contribution in [1.82, 2.24) is 0 Å². The molecule has 2 N–H and O–H groups in total. The van der Waals surface area contributed by atoms with E-state index < -0.39 is 39.6 Å². The normalized spacial score (nSPS) is 18.3. The number of carbonyl (C=O) groups excluding carboxylic acids is 2. The number of hydrogen-bond acceptors (Lipinski definition) is 2. The fourth-order valence-electron chi connectivity index (χ4n) is 3.60. The summed E-state index contributed by atoms with van der Waals surface area (Å²) >= 11 is 30.9. The minimum absolute atomic E-state index is 0.0415. The van der Waals surface area contributed by atoms with Crippen molar-refractivity contribution in [2.24, 2.45) is 5.92 Å². The second-order valence-corrected chi connectivity index (χ2v) is 10.3. The molecule has 0 aliphatic heterocycles. The number of nitrogens with one attached hydrogen (secondary N) is 2. The molecule has 3 aromatic rings. The highest BCUT2D eigenvalue weighted by Gasteiger charge is 2.67. The van der Waals surface area contributed by atoms with Crippen molar-refractivity contribution in [3.63, 3.8) is 0 Å². The maximum Gasteiger partial charge on any atom is 0.257 e. The van der Waals surface area contributed by atoms with E-state index in [1.165, 1.54) is 18.2 Å². The molecule has 34 heavy (non-hydrogen) atoms. The summed E-state index contributed by atoms with van der Waals surface area (Å²) in [4.78, 5) is 25.5. The van der Waals surface area contributed by atoms with Crippen LogP contribution in [0.1, 0.15) is 21.8 Å². The van der Waals surface area contributed by atoms with Crippen LogP contribution in [0.25, 0.3) is 0 Å². The predicted octanol–water partition coefficient (Wildman–Crippen LogP) is 7.70. The van der Waals surface area contributed by atoms with Gasteiger partial charge in [0.2, 0.25) is 5.91 Å². The summed E-state index contributed by atoms with van der Waals surface area (Å²) < 4.78 is 25.6. The zero-order chi connectivity index (χ0) is 24.8. The standard InChI is InChI=1S/C23H13Cl5F2N2O2/c24-11-5-10(6-12(25)7-11)19-20(23(19,27)28)22(34)31-14-2-3-16(26)15(9-14)21(33)32-18-4-1-13(29)8-17(18)30/h1-9,19-20H,(H,31,34)(H,32,33)/t19-,20+/m0/s1. The molecule has 0 heterocycles. The molecule has 0 aromatic heterocycles. The lowest BCUT2D eigenvalue weighted by molar-refractivity contribution is -0.117. The molecule has 2 atom stereocenters. The van der Waals surface area contributed by atoms with Crippen LogP contribution in [0.3, 0.4) is 0 Å². The number of rotatable bonds is 5. The highest BCUT2D eigenvalue weighted by Crippen LogP contribution is 2.65. The van der Waals surface area contributed by atoms with Gasteiger partial charge in [0.15, 0.2) is 0 Å². The molecular formula is C23H13Cl5F2N2O2. The molecule has 1 saturated carbocycles. The lowest BCUT2D eigenvalue weighted by atomic mass is 10.1. The van der Waals surface area contributed by atoms with Gasteiger partial charge in [-0.25, -0.2) is 8.78 Å². The van der Waals surface area contributed by atoms with Gasteiger partial charge in [0.05, 0.1) is 22.2 Å². The molecule has 0 spiro atoms. The molecule has 0 saturated heterocycles. The maximum atomic E-state index is 13.9. The molecule has 1 aliphatic rings. The molecule has 4 rings (SSSR count). The van der Waals surface area contributed by atoms with Gasteiger partial charge < -0.3 is 10.6 Å². The predicted molar refractivity (Wildman–Crippen MR) is 132 cm³/mol. The van der Waals surface area contributed by atoms with E-state index in [-0.39, 0.29) is 22.0 Å². The van der Waals surface area contributed by atoms with E-state index in [2.05, 4.69) is 10.6 Å². The Morgan fingerprint density at radius 3 is 2.18 bits per heavy atom. The summed E-state index contributed by atoms with van der Waals surface area (Å²) in [6, 6.07) is 11.7. The Hall–Kier alpha value is -2.09. The zero-order valence-corrected chi connectivity index (χ0v) is 20.6. The fraction of sp³-hybridized carbons (Fsp3) is 0.130. The van der Waals surface area contributed by atoms with E-state index in [0.29, 0.717) is 21.7 Å². The van der Waals surface area contributed by atoms with E-state index in [1.807, 2.05) is 0 Å². The third-order valence-corrected chi connectivity index (χ3v) is 6.94. The summed E-state index contributed by atoms with van der Waals surface area (Å²) in [5, 5.41) is 5.79. The van der Waals surface area contributed by atoms with Crippen molar-refractivity contribution in [3.05, 3.63) is 92.4 Å². The smallest absolute Gasteiger partial charge is 0.257 e. The van der Waals surface area contributed by atoms with Crippen LogP contribution in [-0.4, -0.2) is 16.1 Å². The van der Waals surface area contributed by atoms with Gasteiger partial charge in [0.25, 0.3) is 5.91 Å². The van der Waals surface area contributed by atoms with Gasteiger partial charge in [-0.2, -0.15) is 0 Å². The third kappa shape index (κ3) is 5.11. The minimum Gasteiger partial charge on any atom is -0.326 e. The Morgan fingerprint density at radius 2 is 1.53 bits per heavy atom. The Labute approximate surface area is 218 Å². The van der Waals surface area contributed by atoms with Crippen LogP contribution < -0.4 is 10.6 Å². The first-order valence-electron chi connectivity index (χ1n) is 9.68. The monoisotopic (exact) mass is 562 g/mol. The topological polar surface area (TPSA) is 58.2 Å². The molecule has 176 valence electrons. The van der Waals surface area contributed by atoms with E-state index in [9.17, 15) is 18.4 Å². The summed E-state index contributed by atoms with van der Waals surface area (Å²) in [6.45, 7) is 0. The molecule has 2 amide bonds. The number of carbonyl (C=O) groups is 2. The van der Waals surface area contributed by atoms with Crippen molar-refractivity contribution in [3.8, 4) is 0 Å². The largest absolute Gasteiger partial charge is 0.326 e. The van der Waals surface area contributed by atoms with E-state index in [0.717, 1.165) is 12.1 Å². The van der Waals surface area contributed by atoms with Gasteiger partial charge in [-0.3, -0.25) is 9.59 Å². The molecule has 1 fully saturated rings. The van der Waals surface area contributed by atoms with E-state index in [1.54, 1.807) is 18.2 Å². The molecule has 0 bridgehead atoms. The van der Waals surface area contributed by atoms with Gasteiger partial charge in [-0.05, 0) is 54.1 Å². The van der Waals surface area contributed by atoms with Crippen LogP contribution in [-0.2, 0) is 4.79 Å². The number of alkyl halides is 2. The van der Waals surface area contributed by atoms with Crippen molar-refractivity contribution in [1.29, 1.82) is 0 Å². The maximum absolute atomic E-state index is 13.9. The first kappa shape index (κ1) is 25.0. The molecule has 11 heteroatoms. The van der Waals surface area contributed by atoms with E-state index >= 15 is 0 Å². The van der Waals surface area contributed by atoms with Crippen molar-refractivity contribution < 1.29 is 18.4 Å². The van der Waals surface area contributed by atoms with Crippen molar-refractivity contribution in [2.45, 2.75) is 10.3 Å². The van der Waals surface area contributed by atoms with Gasteiger partial charge in [-0.15, -0.1) is 23.2 Å². The van der Waals surface area contributed by atoms with Gasteiger partial charge in [-0.1, -0.05) is 34.8 Å². The van der Waals surface area contributed by atoms with Crippen LogP contribution in [0, 0.1) is 17.6 Å². The summed E-state index contributed by atoms with van der Waals surface area (Å²) in [5.41, 5.74) is 0.574.